The van der Waals surface area contributed by atoms with E-state index in [1.807, 2.05) is 13.0 Å². The average Bonchev–Trinajstić information content (AvgIpc) is 3.42. The predicted octanol–water partition coefficient (Wildman–Crippen LogP) is 5.42. The molecule has 2 heterocycles. The zero-order valence-corrected chi connectivity index (χ0v) is 27.9. The van der Waals surface area contributed by atoms with Gasteiger partial charge in [-0.15, -0.1) is 0 Å². The number of aryl methyl sites for hydroxylation is 1. The van der Waals surface area contributed by atoms with Gasteiger partial charge >= 0.3 is 5.97 Å². The highest BCUT2D eigenvalue weighted by atomic mass is 35.5. The molecule has 2 aromatic carbocycles. The van der Waals surface area contributed by atoms with Crippen LogP contribution in [0.25, 0.3) is 0 Å². The highest BCUT2D eigenvalue weighted by Gasteiger charge is 2.51. The van der Waals surface area contributed by atoms with Gasteiger partial charge in [-0.3, -0.25) is 14.6 Å². The number of nitrogens with one attached hydrogen (secondary N) is 2. The Balaban J connectivity index is 1.35. The molecule has 0 radical (unpaired) electrons. The van der Waals surface area contributed by atoms with Gasteiger partial charge in [0.15, 0.2) is 0 Å². The Hall–Kier alpha value is -3.51. The first-order valence-corrected chi connectivity index (χ1v) is 17.4. The second-order valence-electron chi connectivity index (χ2n) is 11.7. The van der Waals surface area contributed by atoms with Crippen molar-refractivity contribution in [2.75, 3.05) is 18.5 Å². The van der Waals surface area contributed by atoms with Crippen LogP contribution in [0.5, 0.6) is 0 Å². The van der Waals surface area contributed by atoms with E-state index < -0.39 is 39.9 Å². The number of pyridine rings is 1. The first-order valence-electron chi connectivity index (χ1n) is 15.2. The number of carbonyl (C=O) groups is 3. The Morgan fingerprint density at radius 3 is 2.41 bits per heavy atom. The largest absolute Gasteiger partial charge is 0.464 e. The van der Waals surface area contributed by atoms with E-state index in [0.29, 0.717) is 11.3 Å². The van der Waals surface area contributed by atoms with Crippen LogP contribution in [0.1, 0.15) is 54.1 Å². The first kappa shape index (κ1) is 33.8. The molecule has 1 aliphatic carbocycles. The van der Waals surface area contributed by atoms with Crippen molar-refractivity contribution in [2.24, 2.45) is 11.8 Å². The maximum Gasteiger partial charge on any atom is 0.328 e. The summed E-state index contributed by atoms with van der Waals surface area (Å²) >= 11 is 12.2. The summed E-state index contributed by atoms with van der Waals surface area (Å²) in [5.41, 5.74) is 2.04. The number of aromatic nitrogens is 1. The van der Waals surface area contributed by atoms with Crippen LogP contribution in [0.15, 0.2) is 65.8 Å². The number of halogens is 2. The topological polar surface area (TPSA) is 135 Å². The lowest BCUT2D eigenvalue weighted by Crippen LogP contribution is -2.53. The van der Waals surface area contributed by atoms with E-state index >= 15 is 0 Å². The molecule has 5 rings (SSSR count). The SMILES string of the molecule is CCOC(=O)C(Cc1ccc(NC(=O)c2c(Cl)cncc2Cl)cc1)NC(=O)[C@@H]1[C@@H]2CCCC[C@@H]2CN1S(=O)(=O)c1cccc(C)c1. The van der Waals surface area contributed by atoms with E-state index in [9.17, 15) is 22.8 Å². The van der Waals surface area contributed by atoms with E-state index in [2.05, 4.69) is 15.6 Å². The van der Waals surface area contributed by atoms with Crippen molar-refractivity contribution in [3.8, 4) is 0 Å². The predicted molar refractivity (Wildman–Crippen MR) is 175 cm³/mol. The number of carbonyl (C=O) groups excluding carboxylic acids is 3. The molecule has 0 bridgehead atoms. The summed E-state index contributed by atoms with van der Waals surface area (Å²) in [6.07, 6.45) is 6.21. The molecule has 1 aliphatic heterocycles. The highest BCUT2D eigenvalue weighted by molar-refractivity contribution is 7.89. The molecule has 1 saturated heterocycles. The average molecular weight is 688 g/mol. The third-order valence-corrected chi connectivity index (χ3v) is 11.0. The number of benzene rings is 2. The highest BCUT2D eigenvalue weighted by Crippen LogP contribution is 2.43. The van der Waals surface area contributed by atoms with E-state index in [1.54, 1.807) is 49.4 Å². The van der Waals surface area contributed by atoms with Gasteiger partial charge in [0.1, 0.15) is 12.1 Å². The lowest BCUT2D eigenvalue weighted by atomic mass is 9.78. The quantitative estimate of drug-likeness (QED) is 0.272. The number of anilines is 1. The number of hydrogen-bond donors (Lipinski definition) is 2. The van der Waals surface area contributed by atoms with Crippen molar-refractivity contribution in [1.82, 2.24) is 14.6 Å². The molecule has 0 spiro atoms. The molecular weight excluding hydrogens is 651 g/mol. The summed E-state index contributed by atoms with van der Waals surface area (Å²) in [6.45, 7) is 3.86. The summed E-state index contributed by atoms with van der Waals surface area (Å²) in [7, 11) is -3.98. The second-order valence-corrected chi connectivity index (χ2v) is 14.4. The zero-order valence-electron chi connectivity index (χ0n) is 25.5. The van der Waals surface area contributed by atoms with Crippen LogP contribution in [0.3, 0.4) is 0 Å². The Morgan fingerprint density at radius 1 is 1.04 bits per heavy atom. The molecule has 2 N–H and O–H groups in total. The summed E-state index contributed by atoms with van der Waals surface area (Å²) in [6, 6.07) is 11.4. The Bertz CT molecular complexity index is 1700. The fourth-order valence-electron chi connectivity index (χ4n) is 6.40. The van der Waals surface area contributed by atoms with Gasteiger partial charge in [0.25, 0.3) is 5.91 Å². The first-order chi connectivity index (χ1) is 22.0. The van der Waals surface area contributed by atoms with Crippen molar-refractivity contribution in [1.29, 1.82) is 0 Å². The summed E-state index contributed by atoms with van der Waals surface area (Å²) in [4.78, 5) is 43.9. The molecule has 46 heavy (non-hydrogen) atoms. The minimum atomic E-state index is -3.98. The smallest absolute Gasteiger partial charge is 0.328 e. The molecule has 2 fully saturated rings. The molecule has 3 aromatic rings. The Labute approximate surface area is 278 Å². The van der Waals surface area contributed by atoms with Crippen molar-refractivity contribution in [3.63, 3.8) is 0 Å². The Kier molecular flexibility index (Phi) is 10.7. The number of amides is 2. The van der Waals surface area contributed by atoms with Crippen LogP contribution in [0.2, 0.25) is 10.0 Å². The van der Waals surface area contributed by atoms with E-state index in [-0.39, 0.29) is 51.9 Å². The molecule has 1 unspecified atom stereocenters. The number of hydrogen-bond acceptors (Lipinski definition) is 7. The molecule has 2 amide bonds. The molecule has 244 valence electrons. The fourth-order valence-corrected chi connectivity index (χ4v) is 8.73. The Morgan fingerprint density at radius 2 is 1.74 bits per heavy atom. The third-order valence-electron chi connectivity index (χ3n) is 8.58. The number of esters is 1. The molecule has 1 aromatic heterocycles. The van der Waals surface area contributed by atoms with E-state index in [1.165, 1.54) is 16.7 Å². The van der Waals surface area contributed by atoms with Crippen molar-refractivity contribution in [2.45, 2.75) is 62.9 Å². The minimum absolute atomic E-state index is 0.0600. The number of rotatable bonds is 10. The maximum absolute atomic E-state index is 14.0. The van der Waals surface area contributed by atoms with Crippen LogP contribution < -0.4 is 10.6 Å². The summed E-state index contributed by atoms with van der Waals surface area (Å²) in [5.74, 6) is -1.74. The van der Waals surface area contributed by atoms with Crippen LogP contribution in [0.4, 0.5) is 5.69 Å². The number of nitrogens with zero attached hydrogens (tertiary/aromatic N) is 2. The van der Waals surface area contributed by atoms with Gasteiger partial charge < -0.3 is 15.4 Å². The lowest BCUT2D eigenvalue weighted by molar-refractivity contribution is -0.147. The second kappa shape index (κ2) is 14.5. The van der Waals surface area contributed by atoms with E-state index in [4.69, 9.17) is 27.9 Å². The van der Waals surface area contributed by atoms with E-state index in [0.717, 1.165) is 31.2 Å². The van der Waals surface area contributed by atoms with Gasteiger partial charge in [-0.05, 0) is 73.9 Å². The van der Waals surface area contributed by atoms with Crippen molar-refractivity contribution >= 4 is 56.7 Å². The minimum Gasteiger partial charge on any atom is -0.464 e. The normalized spacial score (nSPS) is 20.4. The maximum atomic E-state index is 14.0. The van der Waals surface area contributed by atoms with Crippen LogP contribution in [-0.4, -0.2) is 60.7 Å². The molecule has 4 atom stereocenters. The fraction of sp³-hybridized carbons (Fsp3) is 0.394. The molecule has 10 nitrogen and oxygen atoms in total. The standard InChI is InChI=1S/C33H36Cl2N4O6S/c1-3-45-33(42)28(16-21-11-13-23(14-12-21)37-31(40)29-26(34)17-36-18-27(29)35)38-32(41)30-25-10-5-4-8-22(25)19-39(30)46(43,44)24-9-6-7-20(2)15-24/h6-7,9,11-15,17-18,22,25,28,30H,3-5,8,10,16,19H2,1-2H3,(H,37,40)(H,38,41)/t22-,25-,28?,30+/m1/s1. The summed E-state index contributed by atoms with van der Waals surface area (Å²) < 4.78 is 34.4. The number of fused-ring (bicyclic) bond motifs is 1. The number of ether oxygens (including phenoxy) is 1. The van der Waals surface area contributed by atoms with Crippen molar-refractivity contribution < 1.29 is 27.5 Å². The third kappa shape index (κ3) is 7.38. The van der Waals surface area contributed by atoms with Gasteiger partial charge in [-0.2, -0.15) is 4.31 Å². The molecule has 13 heteroatoms. The molecular formula is C33H36Cl2N4O6S. The number of sulfonamides is 1. The lowest BCUT2D eigenvalue weighted by Gasteiger charge is -2.30. The van der Waals surface area contributed by atoms with Crippen LogP contribution in [-0.2, 0) is 30.8 Å². The molecule has 1 saturated carbocycles. The van der Waals surface area contributed by atoms with Crippen LogP contribution >= 0.6 is 23.2 Å². The van der Waals surface area contributed by atoms with Gasteiger partial charge in [0.05, 0.1) is 27.1 Å². The summed E-state index contributed by atoms with van der Waals surface area (Å²) in [5, 5.41) is 5.81. The van der Waals surface area contributed by atoms with Crippen molar-refractivity contribution in [3.05, 3.63) is 87.7 Å². The van der Waals surface area contributed by atoms with Gasteiger partial charge in [-0.25, -0.2) is 13.2 Å². The molecule has 2 aliphatic rings. The monoisotopic (exact) mass is 686 g/mol. The van der Waals surface area contributed by atoms with Gasteiger partial charge in [0, 0.05) is 31.0 Å². The van der Waals surface area contributed by atoms with Gasteiger partial charge in [-0.1, -0.05) is 60.3 Å². The zero-order chi connectivity index (χ0) is 33.0. The van der Waals surface area contributed by atoms with Crippen LogP contribution in [0, 0.1) is 18.8 Å². The van der Waals surface area contributed by atoms with Gasteiger partial charge in [0.2, 0.25) is 15.9 Å².